The van der Waals surface area contributed by atoms with E-state index in [-0.39, 0.29) is 17.5 Å². The van der Waals surface area contributed by atoms with Crippen molar-refractivity contribution in [3.8, 4) is 17.0 Å². The van der Waals surface area contributed by atoms with Gasteiger partial charge in [0.1, 0.15) is 24.1 Å². The minimum Gasteiger partial charge on any atom is -0.491 e. The van der Waals surface area contributed by atoms with Crippen molar-refractivity contribution in [1.29, 1.82) is 0 Å². The minimum absolute atomic E-state index is 0.194. The van der Waals surface area contributed by atoms with Crippen molar-refractivity contribution in [2.75, 3.05) is 23.8 Å². The maximum Gasteiger partial charge on any atom is 0.267 e. The highest BCUT2D eigenvalue weighted by atomic mass is 16.5. The van der Waals surface area contributed by atoms with E-state index in [4.69, 9.17) is 16.2 Å². The maximum absolute atomic E-state index is 11.9. The molecule has 0 unspecified atom stereocenters. The van der Waals surface area contributed by atoms with Crippen molar-refractivity contribution in [2.24, 2.45) is 17.4 Å². The number of carbonyl (C=O) groups is 2. The quantitative estimate of drug-likeness (QED) is 0.422. The average molecular weight is 406 g/mol. The van der Waals surface area contributed by atoms with Crippen LogP contribution < -0.4 is 26.8 Å². The number of anilines is 2. The molecule has 9 nitrogen and oxygen atoms in total. The Morgan fingerprint density at radius 1 is 1.23 bits per heavy atom. The van der Waals surface area contributed by atoms with Crippen molar-refractivity contribution in [1.82, 2.24) is 9.97 Å². The van der Waals surface area contributed by atoms with Gasteiger partial charge in [-0.3, -0.25) is 14.6 Å². The van der Waals surface area contributed by atoms with Gasteiger partial charge in [0.2, 0.25) is 5.91 Å². The van der Waals surface area contributed by atoms with Crippen LogP contribution in [0.5, 0.6) is 5.75 Å². The number of benzene rings is 1. The molecular formula is C21H22N6O3. The smallest absolute Gasteiger partial charge is 0.267 e. The molecule has 3 aromatic rings. The summed E-state index contributed by atoms with van der Waals surface area (Å²) in [4.78, 5) is 30.9. The number of rotatable bonds is 6. The number of nitrogens with zero attached hydrogens (tertiary/aromatic N) is 1. The number of aromatic nitrogens is 2. The van der Waals surface area contributed by atoms with Crippen molar-refractivity contribution in [3.05, 3.63) is 36.2 Å². The first-order valence-electron chi connectivity index (χ1n) is 9.89. The van der Waals surface area contributed by atoms with E-state index in [1.54, 1.807) is 12.3 Å². The number of ether oxygens (including phenoxy) is 1. The fourth-order valence-electron chi connectivity index (χ4n) is 3.97. The molecule has 7 N–H and O–H groups in total. The summed E-state index contributed by atoms with van der Waals surface area (Å²) in [5, 5.41) is 7.59. The molecule has 1 aromatic carbocycles. The Balaban J connectivity index is 1.62. The molecule has 30 heavy (non-hydrogen) atoms. The second kappa shape index (κ2) is 6.94. The number of primary amides is 2. The fourth-order valence-corrected chi connectivity index (χ4v) is 3.97. The van der Waals surface area contributed by atoms with Gasteiger partial charge in [0.15, 0.2) is 0 Å². The number of hydrogen-bond donors (Lipinski definition) is 5. The Kier molecular flexibility index (Phi) is 4.23. The number of hydrogen-bond acceptors (Lipinski definition) is 6. The van der Waals surface area contributed by atoms with Gasteiger partial charge in [-0.15, -0.1) is 0 Å². The summed E-state index contributed by atoms with van der Waals surface area (Å²) in [7, 11) is 0. The van der Waals surface area contributed by atoms with Gasteiger partial charge in [0.05, 0.1) is 22.3 Å². The third-order valence-electron chi connectivity index (χ3n) is 5.55. The topological polar surface area (TPSA) is 148 Å². The van der Waals surface area contributed by atoms with Gasteiger partial charge in [0, 0.05) is 30.1 Å². The number of nitrogens with two attached hydrogens (primary N) is 2. The third kappa shape index (κ3) is 3.18. The lowest BCUT2D eigenvalue weighted by Crippen LogP contribution is -2.37. The summed E-state index contributed by atoms with van der Waals surface area (Å²) >= 11 is 0. The Morgan fingerprint density at radius 2 is 2.07 bits per heavy atom. The Hall–Kier alpha value is -3.75. The average Bonchev–Trinajstić information content (AvgIpc) is 3.52. The van der Waals surface area contributed by atoms with Crippen molar-refractivity contribution >= 4 is 34.1 Å². The van der Waals surface area contributed by atoms with Gasteiger partial charge in [0.25, 0.3) is 5.91 Å². The molecule has 1 fully saturated rings. The molecule has 154 valence electrons. The van der Waals surface area contributed by atoms with Crippen LogP contribution in [-0.4, -0.2) is 41.0 Å². The zero-order valence-electron chi connectivity index (χ0n) is 16.2. The third-order valence-corrected chi connectivity index (χ3v) is 5.55. The molecule has 1 aliphatic heterocycles. The van der Waals surface area contributed by atoms with E-state index in [2.05, 4.69) is 20.6 Å². The lowest BCUT2D eigenvalue weighted by Gasteiger charge is -2.17. The van der Waals surface area contributed by atoms with Gasteiger partial charge >= 0.3 is 0 Å². The molecular weight excluding hydrogens is 384 g/mol. The lowest BCUT2D eigenvalue weighted by molar-refractivity contribution is -0.119. The van der Waals surface area contributed by atoms with Gasteiger partial charge in [-0.05, 0) is 37.0 Å². The van der Waals surface area contributed by atoms with Gasteiger partial charge in [-0.1, -0.05) is 0 Å². The Morgan fingerprint density at radius 3 is 2.80 bits per heavy atom. The molecule has 3 heterocycles. The van der Waals surface area contributed by atoms with Crippen LogP contribution in [-0.2, 0) is 4.79 Å². The van der Waals surface area contributed by atoms with Gasteiger partial charge in [-0.25, -0.2) is 0 Å². The largest absolute Gasteiger partial charge is 0.491 e. The van der Waals surface area contributed by atoms with Crippen LogP contribution in [0.25, 0.3) is 22.2 Å². The van der Waals surface area contributed by atoms with Crippen LogP contribution in [0.3, 0.4) is 0 Å². The van der Waals surface area contributed by atoms with Gasteiger partial charge < -0.3 is 31.8 Å². The molecule has 2 aromatic heterocycles. The van der Waals surface area contributed by atoms with Crippen LogP contribution in [0.1, 0.15) is 23.3 Å². The summed E-state index contributed by atoms with van der Waals surface area (Å²) in [6.07, 6.45) is 3.55. The van der Waals surface area contributed by atoms with E-state index in [0.717, 1.165) is 46.4 Å². The first kappa shape index (κ1) is 18.3. The first-order valence-corrected chi connectivity index (χ1v) is 9.89. The molecule has 0 saturated heterocycles. The molecule has 1 atom stereocenters. The van der Waals surface area contributed by atoms with E-state index in [0.29, 0.717) is 18.9 Å². The zero-order chi connectivity index (χ0) is 20.8. The van der Waals surface area contributed by atoms with E-state index in [9.17, 15) is 9.59 Å². The fraction of sp³-hybridized carbons (Fsp3) is 0.286. The predicted molar refractivity (Wildman–Crippen MR) is 113 cm³/mol. The number of pyridine rings is 1. The zero-order valence-corrected chi connectivity index (χ0v) is 16.2. The van der Waals surface area contributed by atoms with Gasteiger partial charge in [-0.2, -0.15) is 0 Å². The van der Waals surface area contributed by atoms with E-state index in [1.165, 1.54) is 0 Å². The normalized spacial score (nSPS) is 16.3. The molecule has 0 radical (unpaired) electrons. The number of nitrogens with one attached hydrogen (secondary N) is 3. The summed E-state index contributed by atoms with van der Waals surface area (Å²) in [6.45, 7) is 1.12. The molecule has 0 bridgehead atoms. The number of amides is 2. The Labute approximate surface area is 172 Å². The number of H-pyrrole nitrogens is 1. The Bertz CT molecular complexity index is 1170. The maximum atomic E-state index is 11.9. The van der Waals surface area contributed by atoms with Crippen LogP contribution in [0, 0.1) is 5.92 Å². The monoisotopic (exact) mass is 406 g/mol. The van der Waals surface area contributed by atoms with Crippen molar-refractivity contribution in [2.45, 2.75) is 18.9 Å². The van der Waals surface area contributed by atoms with Crippen LogP contribution in [0.4, 0.5) is 11.4 Å². The standard InChI is InChI=1S/C21H22N6O3/c22-20(28)14-7-11(3-4-24-14)17-19-16-13(27-17)8-12(9-15(16)30-6-5-25-19)26-18(21(23)29)10-1-2-10/h3-4,7-10,18,25-27H,1-2,5-6H2,(H2,22,28)(H2,23,29)/t18-/m0/s1. The molecule has 2 aliphatic rings. The molecule has 9 heteroatoms. The molecule has 5 rings (SSSR count). The second-order valence-electron chi connectivity index (χ2n) is 7.70. The highest BCUT2D eigenvalue weighted by Crippen LogP contribution is 2.43. The number of carbonyl (C=O) groups excluding carboxylic acids is 2. The minimum atomic E-state index is -0.583. The predicted octanol–water partition coefficient (Wildman–Crippen LogP) is 1.81. The second-order valence-corrected chi connectivity index (χ2v) is 7.70. The van der Waals surface area contributed by atoms with Crippen molar-refractivity contribution < 1.29 is 14.3 Å². The highest BCUT2D eigenvalue weighted by molar-refractivity contribution is 6.07. The first-order chi connectivity index (χ1) is 14.5. The van der Waals surface area contributed by atoms with Crippen LogP contribution in [0.2, 0.25) is 0 Å². The van der Waals surface area contributed by atoms with Crippen molar-refractivity contribution in [3.63, 3.8) is 0 Å². The van der Waals surface area contributed by atoms with E-state index in [1.807, 2.05) is 18.2 Å². The summed E-state index contributed by atoms with van der Waals surface area (Å²) in [6, 6.07) is 6.92. The lowest BCUT2D eigenvalue weighted by atomic mass is 10.1. The van der Waals surface area contributed by atoms with E-state index < -0.39 is 11.9 Å². The van der Waals surface area contributed by atoms with Crippen LogP contribution in [0.15, 0.2) is 30.5 Å². The molecule has 1 saturated carbocycles. The van der Waals surface area contributed by atoms with E-state index >= 15 is 0 Å². The highest BCUT2D eigenvalue weighted by Gasteiger charge is 2.35. The summed E-state index contributed by atoms with van der Waals surface area (Å²) < 4.78 is 5.97. The molecule has 2 amide bonds. The number of aromatic amines is 1. The van der Waals surface area contributed by atoms with Crippen LogP contribution >= 0.6 is 0 Å². The SMILES string of the molecule is NC(=O)c1cc(-c2[nH]c3cc(N[C@H](C(N)=O)C4CC4)cc4c3c2NCCO4)ccn1. The molecule has 1 aliphatic carbocycles. The molecule has 0 spiro atoms. The summed E-state index contributed by atoms with van der Waals surface area (Å²) in [5.41, 5.74) is 15.3. The summed E-state index contributed by atoms with van der Waals surface area (Å²) in [5.74, 6) is 0.0500.